The number of nitrogens with one attached hydrogen (secondary N) is 1. The topological polar surface area (TPSA) is 51.2 Å². The van der Waals surface area contributed by atoms with Gasteiger partial charge in [-0.05, 0) is 28.1 Å². The molecule has 0 radical (unpaired) electrons. The van der Waals surface area contributed by atoms with E-state index in [-0.39, 0.29) is 18.9 Å². The molecule has 94 valence electrons. The van der Waals surface area contributed by atoms with Gasteiger partial charge in [0.2, 0.25) is 5.91 Å². The Labute approximate surface area is 105 Å². The van der Waals surface area contributed by atoms with E-state index in [1.807, 2.05) is 0 Å². The first kappa shape index (κ1) is 14.0. The summed E-state index contributed by atoms with van der Waals surface area (Å²) in [6.45, 7) is -0.684. The van der Waals surface area contributed by atoms with Gasteiger partial charge < -0.3 is 10.1 Å². The van der Waals surface area contributed by atoms with Crippen LogP contribution < -0.4 is 5.32 Å². The quantitative estimate of drug-likeness (QED) is 0.821. The van der Waals surface area contributed by atoms with Gasteiger partial charge in [-0.3, -0.25) is 4.79 Å². The number of nitrogens with zero attached hydrogens (tertiary/aromatic N) is 1. The van der Waals surface area contributed by atoms with Gasteiger partial charge >= 0.3 is 0 Å². The molecule has 0 aromatic carbocycles. The van der Waals surface area contributed by atoms with Crippen LogP contribution in [0.15, 0.2) is 22.8 Å². The Kier molecular flexibility index (Phi) is 5.99. The highest BCUT2D eigenvalue weighted by molar-refractivity contribution is 9.10. The highest BCUT2D eigenvalue weighted by atomic mass is 79.9. The monoisotopic (exact) mass is 308 g/mol. The number of hydrogen-bond acceptors (Lipinski definition) is 3. The summed E-state index contributed by atoms with van der Waals surface area (Å²) in [6, 6.07) is 3.36. The maximum absolute atomic E-state index is 11.7. The molecule has 1 heterocycles. The summed E-state index contributed by atoms with van der Waals surface area (Å²) < 4.78 is 28.8. The summed E-state index contributed by atoms with van der Waals surface area (Å²) in [4.78, 5) is 15.2. The summed E-state index contributed by atoms with van der Waals surface area (Å²) in [5.74, 6) is 0.0844. The van der Waals surface area contributed by atoms with Crippen LogP contribution in [0.3, 0.4) is 0 Å². The van der Waals surface area contributed by atoms with Crippen LogP contribution in [0.1, 0.15) is 6.42 Å². The lowest BCUT2D eigenvalue weighted by Crippen LogP contribution is -2.16. The average Bonchev–Trinajstić information content (AvgIpc) is 2.27. The Morgan fingerprint density at radius 2 is 2.29 bits per heavy atom. The second kappa shape index (κ2) is 7.29. The molecular weight excluding hydrogens is 298 g/mol. The van der Waals surface area contributed by atoms with Gasteiger partial charge in [-0.1, -0.05) is 0 Å². The maximum Gasteiger partial charge on any atom is 0.261 e. The number of halogens is 3. The molecule has 17 heavy (non-hydrogen) atoms. The minimum Gasteiger partial charge on any atom is -0.375 e. The van der Waals surface area contributed by atoms with Crippen molar-refractivity contribution in [1.82, 2.24) is 4.98 Å². The van der Waals surface area contributed by atoms with Gasteiger partial charge in [-0.15, -0.1) is 0 Å². The van der Waals surface area contributed by atoms with Gasteiger partial charge in [0.05, 0.1) is 13.0 Å². The number of anilines is 1. The first-order chi connectivity index (χ1) is 8.08. The molecule has 1 aromatic rings. The highest BCUT2D eigenvalue weighted by Gasteiger charge is 2.05. The van der Waals surface area contributed by atoms with Gasteiger partial charge in [0.25, 0.3) is 6.43 Å². The number of amides is 1. The maximum atomic E-state index is 11.7. The third-order valence-electron chi connectivity index (χ3n) is 1.71. The molecule has 1 rings (SSSR count). The molecule has 0 aliphatic carbocycles. The van der Waals surface area contributed by atoms with E-state index in [4.69, 9.17) is 0 Å². The Bertz CT molecular complexity index is 360. The number of rotatable bonds is 6. The molecule has 1 N–H and O–H groups in total. The number of aromatic nitrogens is 1. The van der Waals surface area contributed by atoms with E-state index < -0.39 is 13.0 Å². The standard InChI is InChI=1S/C10H11BrF2N2O2/c11-7-1-2-9(14-5-7)15-10(16)3-4-17-6-8(12)13/h1-2,5,8H,3-4,6H2,(H,14,15,16). The Balaban J connectivity index is 2.23. The van der Waals surface area contributed by atoms with Crippen molar-refractivity contribution >= 4 is 27.7 Å². The smallest absolute Gasteiger partial charge is 0.261 e. The Hall–Kier alpha value is -1.08. The number of ether oxygens (including phenoxy) is 1. The molecule has 0 saturated carbocycles. The number of hydrogen-bond donors (Lipinski definition) is 1. The van der Waals surface area contributed by atoms with E-state index in [0.29, 0.717) is 5.82 Å². The van der Waals surface area contributed by atoms with Crippen LogP contribution in [0.5, 0.6) is 0 Å². The molecule has 0 atom stereocenters. The molecule has 0 fully saturated rings. The van der Waals surface area contributed by atoms with Crippen LogP contribution in [0, 0.1) is 0 Å². The number of alkyl halides is 2. The fourth-order valence-electron chi connectivity index (χ4n) is 0.992. The fourth-order valence-corrected chi connectivity index (χ4v) is 1.23. The lowest BCUT2D eigenvalue weighted by Gasteiger charge is -2.05. The Morgan fingerprint density at radius 1 is 1.53 bits per heavy atom. The Morgan fingerprint density at radius 3 is 2.88 bits per heavy atom. The zero-order chi connectivity index (χ0) is 12.7. The second-order valence-corrected chi connectivity index (χ2v) is 4.04. The van der Waals surface area contributed by atoms with Crippen LogP contribution in [0.2, 0.25) is 0 Å². The van der Waals surface area contributed by atoms with E-state index in [9.17, 15) is 13.6 Å². The van der Waals surface area contributed by atoms with E-state index in [1.54, 1.807) is 18.3 Å². The third-order valence-corrected chi connectivity index (χ3v) is 2.18. The van der Waals surface area contributed by atoms with Crippen molar-refractivity contribution in [2.75, 3.05) is 18.5 Å². The predicted octanol–water partition coefficient (Wildman–Crippen LogP) is 2.45. The van der Waals surface area contributed by atoms with Crippen LogP contribution >= 0.6 is 15.9 Å². The highest BCUT2D eigenvalue weighted by Crippen LogP contribution is 2.10. The summed E-state index contributed by atoms with van der Waals surface area (Å²) in [7, 11) is 0. The molecule has 0 unspecified atom stereocenters. The lowest BCUT2D eigenvalue weighted by atomic mass is 10.4. The van der Waals surface area contributed by atoms with Crippen molar-refractivity contribution in [3.8, 4) is 0 Å². The number of carbonyl (C=O) groups excluding carboxylic acids is 1. The molecule has 0 aliphatic heterocycles. The van der Waals surface area contributed by atoms with Gasteiger partial charge in [-0.25, -0.2) is 13.8 Å². The van der Waals surface area contributed by atoms with Crippen molar-refractivity contribution in [3.63, 3.8) is 0 Å². The van der Waals surface area contributed by atoms with E-state index in [2.05, 4.69) is 31.0 Å². The van der Waals surface area contributed by atoms with E-state index in [0.717, 1.165) is 4.47 Å². The zero-order valence-electron chi connectivity index (χ0n) is 8.83. The molecule has 0 spiro atoms. The fraction of sp³-hybridized carbons (Fsp3) is 0.400. The molecule has 0 aliphatic rings. The predicted molar refractivity (Wildman–Crippen MR) is 62.0 cm³/mol. The minimum atomic E-state index is -2.51. The molecule has 0 bridgehead atoms. The first-order valence-electron chi connectivity index (χ1n) is 4.85. The first-order valence-corrected chi connectivity index (χ1v) is 5.64. The van der Waals surface area contributed by atoms with Gasteiger partial charge in [0, 0.05) is 10.7 Å². The van der Waals surface area contributed by atoms with Crippen LogP contribution in [-0.2, 0) is 9.53 Å². The molecule has 4 nitrogen and oxygen atoms in total. The van der Waals surface area contributed by atoms with Crippen LogP contribution in [0.25, 0.3) is 0 Å². The number of carbonyl (C=O) groups is 1. The van der Waals surface area contributed by atoms with Crippen molar-refractivity contribution in [2.45, 2.75) is 12.8 Å². The van der Waals surface area contributed by atoms with Gasteiger partial charge in [0.15, 0.2) is 0 Å². The summed E-state index contributed by atoms with van der Waals surface area (Å²) in [6.07, 6.45) is -0.945. The van der Waals surface area contributed by atoms with Crippen molar-refractivity contribution < 1.29 is 18.3 Å². The third kappa shape index (κ3) is 6.28. The average molecular weight is 309 g/mol. The molecular formula is C10H11BrF2N2O2. The summed E-state index contributed by atoms with van der Waals surface area (Å²) in [5.41, 5.74) is 0. The molecule has 1 amide bonds. The lowest BCUT2D eigenvalue weighted by molar-refractivity contribution is -0.117. The largest absolute Gasteiger partial charge is 0.375 e. The minimum absolute atomic E-state index is 0.0183. The molecule has 1 aromatic heterocycles. The SMILES string of the molecule is O=C(CCOCC(F)F)Nc1ccc(Br)cn1. The molecule has 7 heteroatoms. The van der Waals surface area contributed by atoms with Crippen LogP contribution in [0.4, 0.5) is 14.6 Å². The zero-order valence-corrected chi connectivity index (χ0v) is 10.4. The summed E-state index contributed by atoms with van der Waals surface area (Å²) >= 11 is 3.21. The van der Waals surface area contributed by atoms with Crippen molar-refractivity contribution in [2.24, 2.45) is 0 Å². The van der Waals surface area contributed by atoms with E-state index >= 15 is 0 Å². The molecule has 0 saturated heterocycles. The second-order valence-electron chi connectivity index (χ2n) is 3.13. The van der Waals surface area contributed by atoms with Crippen molar-refractivity contribution in [1.29, 1.82) is 0 Å². The normalized spacial score (nSPS) is 10.6. The summed E-state index contributed by atoms with van der Waals surface area (Å²) in [5, 5.41) is 2.52. The van der Waals surface area contributed by atoms with Crippen LogP contribution in [-0.4, -0.2) is 30.5 Å². The van der Waals surface area contributed by atoms with E-state index in [1.165, 1.54) is 0 Å². The van der Waals surface area contributed by atoms with Gasteiger partial charge in [-0.2, -0.15) is 0 Å². The van der Waals surface area contributed by atoms with Crippen molar-refractivity contribution in [3.05, 3.63) is 22.8 Å². The number of pyridine rings is 1. The van der Waals surface area contributed by atoms with Gasteiger partial charge in [0.1, 0.15) is 12.4 Å².